The van der Waals surface area contributed by atoms with Gasteiger partial charge in [0.25, 0.3) is 0 Å². The number of benzene rings is 1. The van der Waals surface area contributed by atoms with E-state index in [1.165, 1.54) is 16.4 Å². The van der Waals surface area contributed by atoms with Crippen molar-refractivity contribution in [1.82, 2.24) is 0 Å². The molecule has 0 fully saturated rings. The molecule has 0 heterocycles. The van der Waals surface area contributed by atoms with E-state index in [1.54, 1.807) is 6.08 Å². The van der Waals surface area contributed by atoms with Crippen molar-refractivity contribution in [3.8, 4) is 0 Å². The molecule has 1 rings (SSSR count). The zero-order chi connectivity index (χ0) is 13.9. The number of carbonyl (C=O) groups excluding carboxylic acids is 1. The minimum atomic E-state index is 0. The normalized spacial score (nSPS) is 9.37. The van der Waals surface area contributed by atoms with Crippen molar-refractivity contribution < 1.29 is 4.79 Å². The Morgan fingerprint density at radius 2 is 1.53 bits per heavy atom. The summed E-state index contributed by atoms with van der Waals surface area (Å²) in [4.78, 5) is 12.3. The van der Waals surface area contributed by atoms with Gasteiger partial charge in [0.05, 0.1) is 0 Å². The second-order valence-electron chi connectivity index (χ2n) is 5.31. The highest BCUT2D eigenvalue weighted by Crippen LogP contribution is 2.00. The van der Waals surface area contributed by atoms with Crippen LogP contribution in [0.2, 0.25) is 0 Å². The standard InChI is InChI=1S/C17H22O.H3P/c1-11(2)10-16(18)15-9-7-8-14(12(3)4)17(15)13(5)6;/h7-10H,1-6H3;1H3. The number of hydrogen-bond acceptors (Lipinski definition) is 1. The lowest BCUT2D eigenvalue weighted by atomic mass is 9.99. The van der Waals surface area contributed by atoms with Crippen molar-refractivity contribution in [3.63, 3.8) is 0 Å². The molecule has 1 aromatic rings. The molecule has 19 heavy (non-hydrogen) atoms. The Kier molecular flexibility index (Phi) is 6.94. The zero-order valence-electron chi connectivity index (χ0n) is 12.9. The van der Waals surface area contributed by atoms with E-state index in [-0.39, 0.29) is 15.7 Å². The van der Waals surface area contributed by atoms with E-state index >= 15 is 0 Å². The molecule has 2 heteroatoms. The minimum Gasteiger partial charge on any atom is -0.289 e. The molecular formula is C17H25OP. The average molecular weight is 276 g/mol. The summed E-state index contributed by atoms with van der Waals surface area (Å²) in [7, 11) is 0. The Bertz CT molecular complexity index is 609. The molecule has 0 aromatic heterocycles. The first kappa shape index (κ1) is 17.8. The van der Waals surface area contributed by atoms with E-state index in [0.717, 1.165) is 16.4 Å². The summed E-state index contributed by atoms with van der Waals surface area (Å²) in [5.41, 5.74) is 4.24. The van der Waals surface area contributed by atoms with Crippen molar-refractivity contribution in [3.05, 3.63) is 45.8 Å². The van der Waals surface area contributed by atoms with Crippen molar-refractivity contribution >= 4 is 26.8 Å². The Balaban J connectivity index is 0.00000324. The van der Waals surface area contributed by atoms with Gasteiger partial charge in [0.2, 0.25) is 0 Å². The maximum absolute atomic E-state index is 12.3. The SMILES string of the molecule is CC(C)=CC(=O)c1cccc(=C(C)C)c1=C(C)C.P. The third-order valence-electron chi connectivity index (χ3n) is 2.79. The smallest absolute Gasteiger partial charge is 0.186 e. The van der Waals surface area contributed by atoms with Gasteiger partial charge in [0.15, 0.2) is 5.78 Å². The van der Waals surface area contributed by atoms with Gasteiger partial charge in [-0.1, -0.05) is 34.9 Å². The molecule has 0 saturated heterocycles. The predicted molar refractivity (Wildman–Crippen MR) is 90.1 cm³/mol. The minimum absolute atomic E-state index is 0. The van der Waals surface area contributed by atoms with Crippen LogP contribution in [0.1, 0.15) is 51.9 Å². The molecule has 1 nitrogen and oxygen atoms in total. The number of allylic oxidation sites excluding steroid dienone is 2. The second-order valence-corrected chi connectivity index (χ2v) is 5.31. The van der Waals surface area contributed by atoms with Gasteiger partial charge in [-0.05, 0) is 58.1 Å². The van der Waals surface area contributed by atoms with Crippen LogP contribution >= 0.6 is 9.90 Å². The Hall–Kier alpha value is -1.20. The van der Waals surface area contributed by atoms with Crippen molar-refractivity contribution in [2.45, 2.75) is 41.5 Å². The fourth-order valence-electron chi connectivity index (χ4n) is 2.05. The largest absolute Gasteiger partial charge is 0.289 e. The number of rotatable bonds is 2. The summed E-state index contributed by atoms with van der Waals surface area (Å²) in [5, 5.41) is 2.25. The fourth-order valence-corrected chi connectivity index (χ4v) is 2.05. The first-order valence-corrected chi connectivity index (χ1v) is 6.28. The van der Waals surface area contributed by atoms with Crippen LogP contribution in [0.15, 0.2) is 29.8 Å². The van der Waals surface area contributed by atoms with Crippen LogP contribution in [0.4, 0.5) is 0 Å². The molecule has 0 spiro atoms. The molecule has 1 unspecified atom stereocenters. The third-order valence-corrected chi connectivity index (χ3v) is 2.79. The van der Waals surface area contributed by atoms with Gasteiger partial charge < -0.3 is 0 Å². The molecule has 1 aromatic carbocycles. The summed E-state index contributed by atoms with van der Waals surface area (Å²) in [6, 6.07) is 5.95. The number of ketones is 1. The summed E-state index contributed by atoms with van der Waals surface area (Å²) in [6.07, 6.45) is 1.70. The monoisotopic (exact) mass is 276 g/mol. The van der Waals surface area contributed by atoms with Gasteiger partial charge in [0, 0.05) is 5.56 Å². The number of carbonyl (C=O) groups is 1. The molecular weight excluding hydrogens is 251 g/mol. The van der Waals surface area contributed by atoms with Crippen molar-refractivity contribution in [2.24, 2.45) is 0 Å². The third kappa shape index (κ3) is 4.44. The van der Waals surface area contributed by atoms with Gasteiger partial charge in [-0.15, -0.1) is 0 Å². The van der Waals surface area contributed by atoms with Gasteiger partial charge in [-0.25, -0.2) is 0 Å². The molecule has 0 aliphatic heterocycles. The predicted octanol–water partition coefficient (Wildman–Crippen LogP) is 3.27. The highest BCUT2D eigenvalue weighted by atomic mass is 31.0. The molecule has 0 aliphatic carbocycles. The van der Waals surface area contributed by atoms with Crippen LogP contribution < -0.4 is 10.4 Å². The Morgan fingerprint density at radius 3 is 1.95 bits per heavy atom. The molecule has 0 amide bonds. The van der Waals surface area contributed by atoms with Gasteiger partial charge in [-0.3, -0.25) is 4.79 Å². The summed E-state index contributed by atoms with van der Waals surface area (Å²) in [5.74, 6) is 0.0919. The lowest BCUT2D eigenvalue weighted by molar-refractivity contribution is 0.104. The lowest BCUT2D eigenvalue weighted by Crippen LogP contribution is -2.32. The quantitative estimate of drug-likeness (QED) is 0.460. The van der Waals surface area contributed by atoms with Crippen LogP contribution in [0.25, 0.3) is 11.1 Å². The Labute approximate surface area is 119 Å². The van der Waals surface area contributed by atoms with Gasteiger partial charge >= 0.3 is 0 Å². The van der Waals surface area contributed by atoms with E-state index in [9.17, 15) is 4.79 Å². The van der Waals surface area contributed by atoms with Crippen LogP contribution in [0, 0.1) is 0 Å². The molecule has 0 bridgehead atoms. The van der Waals surface area contributed by atoms with Gasteiger partial charge in [0.1, 0.15) is 0 Å². The molecule has 1 atom stereocenters. The van der Waals surface area contributed by atoms with E-state index in [2.05, 4.69) is 33.8 Å². The van der Waals surface area contributed by atoms with Crippen molar-refractivity contribution in [1.29, 1.82) is 0 Å². The number of hydrogen-bond donors (Lipinski definition) is 0. The topological polar surface area (TPSA) is 17.1 Å². The molecule has 0 N–H and O–H groups in total. The van der Waals surface area contributed by atoms with Crippen LogP contribution in [0.5, 0.6) is 0 Å². The van der Waals surface area contributed by atoms with Crippen molar-refractivity contribution in [2.75, 3.05) is 0 Å². The summed E-state index contributed by atoms with van der Waals surface area (Å²) < 4.78 is 0. The first-order chi connectivity index (χ1) is 8.34. The lowest BCUT2D eigenvalue weighted by Gasteiger charge is -2.04. The van der Waals surface area contributed by atoms with E-state index in [0.29, 0.717) is 0 Å². The molecule has 104 valence electrons. The van der Waals surface area contributed by atoms with Gasteiger partial charge in [-0.2, -0.15) is 9.90 Å². The molecule has 0 aliphatic rings. The highest BCUT2D eigenvalue weighted by Gasteiger charge is 2.06. The first-order valence-electron chi connectivity index (χ1n) is 6.28. The van der Waals surface area contributed by atoms with Crippen LogP contribution in [0.3, 0.4) is 0 Å². The van der Waals surface area contributed by atoms with Crippen LogP contribution in [-0.4, -0.2) is 5.78 Å². The summed E-state index contributed by atoms with van der Waals surface area (Å²) >= 11 is 0. The maximum Gasteiger partial charge on any atom is 0.186 e. The summed E-state index contributed by atoms with van der Waals surface area (Å²) in [6.45, 7) is 12.2. The molecule has 0 radical (unpaired) electrons. The maximum atomic E-state index is 12.3. The fraction of sp³-hybridized carbons (Fsp3) is 0.353. The highest BCUT2D eigenvalue weighted by molar-refractivity contribution is 6.92. The van der Waals surface area contributed by atoms with E-state index in [4.69, 9.17) is 0 Å². The Morgan fingerprint density at radius 1 is 0.947 bits per heavy atom. The van der Waals surface area contributed by atoms with Crippen LogP contribution in [-0.2, 0) is 0 Å². The average Bonchev–Trinajstić information content (AvgIpc) is 2.26. The second kappa shape index (κ2) is 7.40. The van der Waals surface area contributed by atoms with E-state index < -0.39 is 0 Å². The zero-order valence-corrected chi connectivity index (χ0v) is 14.3. The molecule has 0 saturated carbocycles. The van der Waals surface area contributed by atoms with E-state index in [1.807, 2.05) is 26.0 Å².